The van der Waals surface area contributed by atoms with Crippen LogP contribution in [-0.4, -0.2) is 34.4 Å². The monoisotopic (exact) mass is 367 g/mol. The van der Waals surface area contributed by atoms with E-state index in [1.165, 1.54) is 5.56 Å². The molecule has 2 aromatic rings. The number of primary amides is 1. The Kier molecular flexibility index (Phi) is 5.68. The van der Waals surface area contributed by atoms with E-state index in [1.807, 2.05) is 11.8 Å². The van der Waals surface area contributed by atoms with Crippen LogP contribution in [0.4, 0.5) is 0 Å². The number of likely N-dealkylation sites (tertiary alicyclic amines) is 1. The minimum Gasteiger partial charge on any atom is -0.366 e. The summed E-state index contributed by atoms with van der Waals surface area (Å²) in [7, 11) is 0. The molecule has 3 rings (SSSR count). The largest absolute Gasteiger partial charge is 0.366 e. The molecule has 2 amide bonds. The maximum Gasteiger partial charge on any atom is 0.251 e. The van der Waals surface area contributed by atoms with Crippen LogP contribution in [0, 0.1) is 13.8 Å². The van der Waals surface area contributed by atoms with Crippen LogP contribution in [0.3, 0.4) is 0 Å². The van der Waals surface area contributed by atoms with Crippen LogP contribution in [-0.2, 0) is 17.8 Å². The molecule has 0 aliphatic carbocycles. The molecule has 0 spiro atoms. The Hall–Kier alpha value is -2.56. The molecule has 1 fully saturated rings. The molecule has 1 aromatic carbocycles. The molecule has 1 saturated heterocycles. The van der Waals surface area contributed by atoms with Gasteiger partial charge < -0.3 is 15.2 Å². The fraction of sp³-hybridized carbons (Fsp3) is 0.455. The van der Waals surface area contributed by atoms with Crippen LogP contribution in [0.15, 0.2) is 24.3 Å². The number of rotatable bonds is 7. The van der Waals surface area contributed by atoms with Crippen LogP contribution in [0.25, 0.3) is 11.1 Å². The smallest absolute Gasteiger partial charge is 0.251 e. The second-order valence-corrected chi connectivity index (χ2v) is 7.36. The third-order valence-electron chi connectivity index (χ3n) is 5.53. The van der Waals surface area contributed by atoms with Crippen molar-refractivity contribution >= 4 is 11.8 Å². The number of benzene rings is 1. The van der Waals surface area contributed by atoms with Gasteiger partial charge in [0, 0.05) is 43.0 Å². The number of aromatic nitrogens is 1. The number of nitrogens with two attached hydrogens (primary N) is 1. The lowest BCUT2D eigenvalue weighted by Gasteiger charge is -2.17. The Balaban J connectivity index is 1.93. The van der Waals surface area contributed by atoms with Crippen LogP contribution in [0.1, 0.15) is 53.5 Å². The van der Waals surface area contributed by atoms with Gasteiger partial charge in [-0.25, -0.2) is 0 Å². The average molecular weight is 367 g/mol. The lowest BCUT2D eigenvalue weighted by Crippen LogP contribution is -2.26. The van der Waals surface area contributed by atoms with Crippen molar-refractivity contribution in [1.29, 1.82) is 0 Å². The zero-order chi connectivity index (χ0) is 19.6. The molecule has 2 heterocycles. The highest BCUT2D eigenvalue weighted by Crippen LogP contribution is 2.33. The molecule has 0 atom stereocenters. The van der Waals surface area contributed by atoms with Crippen LogP contribution >= 0.6 is 0 Å². The Morgan fingerprint density at radius 3 is 2.41 bits per heavy atom. The fourth-order valence-corrected chi connectivity index (χ4v) is 4.16. The van der Waals surface area contributed by atoms with Gasteiger partial charge in [0.05, 0.1) is 5.56 Å². The lowest BCUT2D eigenvalue weighted by molar-refractivity contribution is -0.127. The summed E-state index contributed by atoms with van der Waals surface area (Å²) in [4.78, 5) is 26.0. The number of carbonyl (C=O) groups is 2. The van der Waals surface area contributed by atoms with Crippen molar-refractivity contribution in [1.82, 2.24) is 9.47 Å². The summed E-state index contributed by atoms with van der Waals surface area (Å²) < 4.78 is 2.22. The van der Waals surface area contributed by atoms with Crippen molar-refractivity contribution in [3.05, 3.63) is 46.8 Å². The van der Waals surface area contributed by atoms with Crippen LogP contribution in [0.2, 0.25) is 0 Å². The first-order chi connectivity index (χ1) is 12.9. The minimum absolute atomic E-state index is 0.258. The van der Waals surface area contributed by atoms with Crippen molar-refractivity contribution < 1.29 is 9.59 Å². The number of hydrogen-bond donors (Lipinski definition) is 1. The van der Waals surface area contributed by atoms with E-state index in [0.717, 1.165) is 61.4 Å². The SMILES string of the molecule is CCc1c(-c2ccc(C)cc2)c(C(N)=O)c(C)n1CCCN1CCCC1=O. The minimum atomic E-state index is -0.383. The van der Waals surface area contributed by atoms with Crippen molar-refractivity contribution in [2.24, 2.45) is 5.73 Å². The first-order valence-corrected chi connectivity index (χ1v) is 9.80. The van der Waals surface area contributed by atoms with E-state index in [-0.39, 0.29) is 11.8 Å². The summed E-state index contributed by atoms with van der Waals surface area (Å²) >= 11 is 0. The molecule has 1 aliphatic heterocycles. The van der Waals surface area contributed by atoms with Gasteiger partial charge >= 0.3 is 0 Å². The fourth-order valence-electron chi connectivity index (χ4n) is 4.16. The predicted molar refractivity (Wildman–Crippen MR) is 108 cm³/mol. The summed E-state index contributed by atoms with van der Waals surface area (Å²) in [5.41, 5.74) is 11.6. The summed E-state index contributed by atoms with van der Waals surface area (Å²) in [6.45, 7) is 8.55. The van der Waals surface area contributed by atoms with Gasteiger partial charge in [0.15, 0.2) is 0 Å². The van der Waals surface area contributed by atoms with E-state index in [9.17, 15) is 9.59 Å². The van der Waals surface area contributed by atoms with Gasteiger partial charge in [-0.2, -0.15) is 0 Å². The van der Waals surface area contributed by atoms with Gasteiger partial charge in [-0.3, -0.25) is 9.59 Å². The van der Waals surface area contributed by atoms with Gasteiger partial charge in [-0.1, -0.05) is 36.8 Å². The van der Waals surface area contributed by atoms with Crippen molar-refractivity contribution in [2.75, 3.05) is 13.1 Å². The maximum atomic E-state index is 12.2. The molecule has 1 aliphatic rings. The molecule has 144 valence electrons. The van der Waals surface area contributed by atoms with Crippen molar-refractivity contribution in [3.8, 4) is 11.1 Å². The van der Waals surface area contributed by atoms with Gasteiger partial charge in [-0.15, -0.1) is 0 Å². The van der Waals surface area contributed by atoms with Gasteiger partial charge in [0.2, 0.25) is 5.91 Å². The summed E-state index contributed by atoms with van der Waals surface area (Å²) in [6, 6.07) is 8.24. The Morgan fingerprint density at radius 2 is 1.85 bits per heavy atom. The molecule has 0 unspecified atom stereocenters. The molecule has 1 aromatic heterocycles. The highest BCUT2D eigenvalue weighted by molar-refractivity contribution is 6.02. The van der Waals surface area contributed by atoms with Crippen LogP contribution in [0.5, 0.6) is 0 Å². The second-order valence-electron chi connectivity index (χ2n) is 7.36. The van der Waals surface area contributed by atoms with Crippen molar-refractivity contribution in [3.63, 3.8) is 0 Å². The van der Waals surface area contributed by atoms with E-state index in [4.69, 9.17) is 5.73 Å². The molecule has 5 heteroatoms. The summed E-state index contributed by atoms with van der Waals surface area (Å²) in [5.74, 6) is -0.126. The molecular weight excluding hydrogens is 338 g/mol. The number of aryl methyl sites for hydroxylation is 1. The zero-order valence-electron chi connectivity index (χ0n) is 16.5. The summed E-state index contributed by atoms with van der Waals surface area (Å²) in [6.07, 6.45) is 3.33. The Bertz CT molecular complexity index is 849. The third-order valence-corrected chi connectivity index (χ3v) is 5.53. The first kappa shape index (κ1) is 19.2. The van der Waals surface area contributed by atoms with Crippen LogP contribution < -0.4 is 5.73 Å². The van der Waals surface area contributed by atoms with Gasteiger partial charge in [-0.05, 0) is 38.7 Å². The van der Waals surface area contributed by atoms with E-state index in [2.05, 4.69) is 42.7 Å². The first-order valence-electron chi connectivity index (χ1n) is 9.80. The van der Waals surface area contributed by atoms with E-state index < -0.39 is 0 Å². The second kappa shape index (κ2) is 7.99. The average Bonchev–Trinajstić information content (AvgIpc) is 3.17. The molecule has 0 saturated carbocycles. The molecule has 27 heavy (non-hydrogen) atoms. The van der Waals surface area contributed by atoms with Gasteiger partial charge in [0.1, 0.15) is 0 Å². The molecule has 0 radical (unpaired) electrons. The van der Waals surface area contributed by atoms with E-state index in [0.29, 0.717) is 12.0 Å². The molecule has 0 bridgehead atoms. The van der Waals surface area contributed by atoms with E-state index >= 15 is 0 Å². The molecular formula is C22H29N3O2. The maximum absolute atomic E-state index is 12.2. The number of carbonyl (C=O) groups excluding carboxylic acids is 2. The standard InChI is InChI=1S/C22H29N3O2/c1-4-18-21(17-10-8-15(2)9-11-17)20(22(23)27)16(3)25(18)14-6-13-24-12-5-7-19(24)26/h8-11H,4-7,12-14H2,1-3H3,(H2,23,27). The predicted octanol–water partition coefficient (Wildman–Crippen LogP) is 3.45. The zero-order valence-corrected chi connectivity index (χ0v) is 16.5. The summed E-state index contributed by atoms with van der Waals surface area (Å²) in [5, 5.41) is 0. The number of hydrogen-bond acceptors (Lipinski definition) is 2. The highest BCUT2D eigenvalue weighted by atomic mass is 16.2. The van der Waals surface area contributed by atoms with E-state index in [1.54, 1.807) is 0 Å². The number of amides is 2. The molecule has 5 nitrogen and oxygen atoms in total. The normalized spacial score (nSPS) is 14.2. The van der Waals surface area contributed by atoms with Crippen molar-refractivity contribution in [2.45, 2.75) is 53.0 Å². The number of nitrogens with zero attached hydrogens (tertiary/aromatic N) is 2. The Morgan fingerprint density at radius 1 is 1.15 bits per heavy atom. The third kappa shape index (κ3) is 3.77. The van der Waals surface area contributed by atoms with Gasteiger partial charge in [0.25, 0.3) is 5.91 Å². The Labute approximate surface area is 161 Å². The molecule has 2 N–H and O–H groups in total. The topological polar surface area (TPSA) is 68.3 Å². The highest BCUT2D eigenvalue weighted by Gasteiger charge is 2.24. The lowest BCUT2D eigenvalue weighted by atomic mass is 9.98. The quantitative estimate of drug-likeness (QED) is 0.814.